The molecule has 1 aromatic rings. The van der Waals surface area contributed by atoms with E-state index in [0.29, 0.717) is 12.4 Å². The molecule has 0 saturated carbocycles. The lowest BCUT2D eigenvalue weighted by Crippen LogP contribution is -2.01. The predicted octanol–water partition coefficient (Wildman–Crippen LogP) is 2.98. The molecule has 1 rings (SSSR count). The SMILES string of the molecule is CCOC(=O)/C=C/COc1ccc(F)cc1Cl. The molecule has 0 atom stereocenters. The first-order chi connectivity index (χ1) is 8.13. The Morgan fingerprint density at radius 3 is 2.94 bits per heavy atom. The molecule has 0 spiro atoms. The Balaban J connectivity index is 2.43. The molecule has 0 fully saturated rings. The molecule has 0 amide bonds. The maximum Gasteiger partial charge on any atom is 0.330 e. The van der Waals surface area contributed by atoms with Gasteiger partial charge < -0.3 is 9.47 Å². The predicted molar refractivity (Wildman–Crippen MR) is 62.7 cm³/mol. The summed E-state index contributed by atoms with van der Waals surface area (Å²) in [6.07, 6.45) is 2.76. The van der Waals surface area contributed by atoms with E-state index >= 15 is 0 Å². The van der Waals surface area contributed by atoms with Gasteiger partial charge in [0.15, 0.2) is 0 Å². The van der Waals surface area contributed by atoms with E-state index in [-0.39, 0.29) is 11.6 Å². The van der Waals surface area contributed by atoms with Crippen LogP contribution in [0.15, 0.2) is 30.4 Å². The summed E-state index contributed by atoms with van der Waals surface area (Å²) < 4.78 is 22.6. The van der Waals surface area contributed by atoms with Crippen molar-refractivity contribution in [2.24, 2.45) is 0 Å². The lowest BCUT2D eigenvalue weighted by Gasteiger charge is -2.04. The maximum absolute atomic E-state index is 12.7. The highest BCUT2D eigenvalue weighted by molar-refractivity contribution is 6.32. The molecule has 0 N–H and O–H groups in total. The summed E-state index contributed by atoms with van der Waals surface area (Å²) in [4.78, 5) is 10.9. The minimum absolute atomic E-state index is 0.157. The van der Waals surface area contributed by atoms with Crippen LogP contribution in [0.3, 0.4) is 0 Å². The molecule has 3 nitrogen and oxygen atoms in total. The van der Waals surface area contributed by atoms with Gasteiger partial charge in [-0.25, -0.2) is 9.18 Å². The van der Waals surface area contributed by atoms with E-state index in [1.165, 1.54) is 24.3 Å². The normalized spacial score (nSPS) is 10.5. The maximum atomic E-state index is 12.7. The number of halogens is 2. The number of esters is 1. The molecule has 0 unspecified atom stereocenters. The van der Waals surface area contributed by atoms with Crippen LogP contribution >= 0.6 is 11.6 Å². The van der Waals surface area contributed by atoms with E-state index in [0.717, 1.165) is 6.07 Å². The van der Waals surface area contributed by atoms with Crippen molar-refractivity contribution in [1.82, 2.24) is 0 Å². The van der Waals surface area contributed by atoms with Gasteiger partial charge in [0, 0.05) is 6.08 Å². The van der Waals surface area contributed by atoms with Crippen LogP contribution in [0.25, 0.3) is 0 Å². The van der Waals surface area contributed by atoms with Gasteiger partial charge in [0.25, 0.3) is 0 Å². The Bertz CT molecular complexity index is 418. The zero-order valence-corrected chi connectivity index (χ0v) is 10.0. The summed E-state index contributed by atoms with van der Waals surface area (Å²) in [5, 5.41) is 0.189. The molecule has 92 valence electrons. The molecular weight excluding hydrogens is 247 g/mol. The highest BCUT2D eigenvalue weighted by Gasteiger charge is 2.01. The molecule has 5 heteroatoms. The van der Waals surface area contributed by atoms with Crippen LogP contribution in [0.1, 0.15) is 6.92 Å². The zero-order valence-electron chi connectivity index (χ0n) is 9.28. The molecular formula is C12H12ClFO3. The molecule has 0 aliphatic carbocycles. The third-order valence-corrected chi connectivity index (χ3v) is 2.06. The van der Waals surface area contributed by atoms with Crippen molar-refractivity contribution < 1.29 is 18.7 Å². The lowest BCUT2D eigenvalue weighted by atomic mass is 10.3. The summed E-state index contributed by atoms with van der Waals surface area (Å²) in [6.45, 7) is 2.21. The molecule has 0 aliphatic rings. The fraction of sp³-hybridized carbons (Fsp3) is 0.250. The van der Waals surface area contributed by atoms with Crippen LogP contribution in [0.2, 0.25) is 5.02 Å². The number of carbonyl (C=O) groups is 1. The van der Waals surface area contributed by atoms with Crippen LogP contribution in [0.4, 0.5) is 4.39 Å². The average Bonchev–Trinajstić information content (AvgIpc) is 2.27. The van der Waals surface area contributed by atoms with Crippen LogP contribution in [0, 0.1) is 5.82 Å². The Kier molecular flexibility index (Phi) is 5.49. The Labute approximate surface area is 104 Å². The number of hydrogen-bond acceptors (Lipinski definition) is 3. The monoisotopic (exact) mass is 258 g/mol. The number of ether oxygens (including phenoxy) is 2. The summed E-state index contributed by atoms with van der Waals surface area (Å²) in [5.74, 6) is -0.493. The third-order valence-electron chi connectivity index (χ3n) is 1.77. The highest BCUT2D eigenvalue weighted by Crippen LogP contribution is 2.24. The van der Waals surface area contributed by atoms with Crippen molar-refractivity contribution >= 4 is 17.6 Å². The number of carbonyl (C=O) groups excluding carboxylic acids is 1. The van der Waals surface area contributed by atoms with Gasteiger partial charge in [0.2, 0.25) is 0 Å². The van der Waals surface area contributed by atoms with Gasteiger partial charge in [0.05, 0.1) is 11.6 Å². The molecule has 17 heavy (non-hydrogen) atoms. The van der Waals surface area contributed by atoms with Crippen molar-refractivity contribution in [2.45, 2.75) is 6.92 Å². The minimum atomic E-state index is -0.429. The summed E-state index contributed by atoms with van der Waals surface area (Å²) in [6, 6.07) is 3.83. The van der Waals surface area contributed by atoms with E-state index in [1.807, 2.05) is 0 Å². The highest BCUT2D eigenvalue weighted by atomic mass is 35.5. The molecule has 0 radical (unpaired) electrons. The van der Waals surface area contributed by atoms with E-state index in [4.69, 9.17) is 16.3 Å². The number of benzene rings is 1. The van der Waals surface area contributed by atoms with Crippen LogP contribution in [0.5, 0.6) is 5.75 Å². The lowest BCUT2D eigenvalue weighted by molar-refractivity contribution is -0.137. The van der Waals surface area contributed by atoms with Crippen LogP contribution in [-0.4, -0.2) is 19.2 Å². The second-order valence-electron chi connectivity index (χ2n) is 3.04. The van der Waals surface area contributed by atoms with Crippen molar-refractivity contribution in [3.8, 4) is 5.75 Å². The standard InChI is InChI=1S/C12H12ClFO3/c1-2-16-12(15)4-3-7-17-11-6-5-9(14)8-10(11)13/h3-6,8H,2,7H2,1H3/b4-3+. The van der Waals surface area contributed by atoms with Gasteiger partial charge in [0.1, 0.15) is 18.2 Å². The molecule has 0 heterocycles. The van der Waals surface area contributed by atoms with E-state index in [9.17, 15) is 9.18 Å². The summed E-state index contributed by atoms with van der Waals surface area (Å²) >= 11 is 5.74. The average molecular weight is 259 g/mol. The fourth-order valence-electron chi connectivity index (χ4n) is 1.06. The van der Waals surface area contributed by atoms with Gasteiger partial charge in [-0.1, -0.05) is 11.6 Å². The molecule has 0 aliphatic heterocycles. The van der Waals surface area contributed by atoms with Crippen molar-refractivity contribution in [2.75, 3.05) is 13.2 Å². The van der Waals surface area contributed by atoms with Gasteiger partial charge in [-0.3, -0.25) is 0 Å². The first-order valence-corrected chi connectivity index (χ1v) is 5.42. The second kappa shape index (κ2) is 6.91. The van der Waals surface area contributed by atoms with Gasteiger partial charge in [-0.15, -0.1) is 0 Å². The largest absolute Gasteiger partial charge is 0.488 e. The van der Waals surface area contributed by atoms with E-state index in [1.54, 1.807) is 6.92 Å². The summed E-state index contributed by atoms with van der Waals surface area (Å²) in [5.41, 5.74) is 0. The number of rotatable bonds is 5. The quantitative estimate of drug-likeness (QED) is 0.602. The van der Waals surface area contributed by atoms with Gasteiger partial charge in [-0.2, -0.15) is 0 Å². The Hall–Kier alpha value is -1.55. The van der Waals surface area contributed by atoms with Crippen molar-refractivity contribution in [3.63, 3.8) is 0 Å². The molecule has 0 aromatic heterocycles. The van der Waals surface area contributed by atoms with Crippen molar-refractivity contribution in [3.05, 3.63) is 41.2 Å². The van der Waals surface area contributed by atoms with Crippen molar-refractivity contribution in [1.29, 1.82) is 0 Å². The second-order valence-corrected chi connectivity index (χ2v) is 3.45. The van der Waals surface area contributed by atoms with Crippen LogP contribution < -0.4 is 4.74 Å². The fourth-order valence-corrected chi connectivity index (χ4v) is 1.29. The molecule has 0 bridgehead atoms. The smallest absolute Gasteiger partial charge is 0.330 e. The van der Waals surface area contributed by atoms with Gasteiger partial charge >= 0.3 is 5.97 Å². The topological polar surface area (TPSA) is 35.5 Å². The first kappa shape index (κ1) is 13.5. The van der Waals surface area contributed by atoms with E-state index < -0.39 is 11.8 Å². The molecule has 1 aromatic carbocycles. The Morgan fingerprint density at radius 2 is 2.29 bits per heavy atom. The van der Waals surface area contributed by atoms with E-state index in [2.05, 4.69) is 4.74 Å². The number of hydrogen-bond donors (Lipinski definition) is 0. The Morgan fingerprint density at radius 1 is 1.53 bits per heavy atom. The summed E-state index contributed by atoms with van der Waals surface area (Å²) in [7, 11) is 0. The van der Waals surface area contributed by atoms with Crippen LogP contribution in [-0.2, 0) is 9.53 Å². The van der Waals surface area contributed by atoms with Gasteiger partial charge in [-0.05, 0) is 31.2 Å². The zero-order chi connectivity index (χ0) is 12.7. The first-order valence-electron chi connectivity index (χ1n) is 5.04. The third kappa shape index (κ3) is 4.87. The molecule has 0 saturated heterocycles. The minimum Gasteiger partial charge on any atom is -0.488 e.